The predicted octanol–water partition coefficient (Wildman–Crippen LogP) is 2.21. The van der Waals surface area contributed by atoms with Gasteiger partial charge in [-0.05, 0) is 23.6 Å². The summed E-state index contributed by atoms with van der Waals surface area (Å²) >= 11 is 0. The summed E-state index contributed by atoms with van der Waals surface area (Å²) in [5.74, 6) is 0.0188. The van der Waals surface area contributed by atoms with Gasteiger partial charge in [-0.1, -0.05) is 36.4 Å². The fourth-order valence-corrected chi connectivity index (χ4v) is 2.36. The maximum atomic E-state index is 12.4. The second-order valence-corrected chi connectivity index (χ2v) is 4.98. The number of benzene rings is 1. The average molecular weight is 284 g/mol. The number of hydrogen-bond acceptors (Lipinski definition) is 3. The van der Waals surface area contributed by atoms with Crippen molar-refractivity contribution in [3.63, 3.8) is 0 Å². The Kier molecular flexibility index (Phi) is 5.46. The summed E-state index contributed by atoms with van der Waals surface area (Å²) in [4.78, 5) is 18.2. The van der Waals surface area contributed by atoms with Crippen LogP contribution in [0.1, 0.15) is 23.6 Å². The molecule has 1 aromatic heterocycles. The molecule has 2 aromatic rings. The van der Waals surface area contributed by atoms with Gasteiger partial charge in [-0.15, -0.1) is 0 Å². The molecule has 1 atom stereocenters. The molecule has 21 heavy (non-hydrogen) atoms. The van der Waals surface area contributed by atoms with Crippen molar-refractivity contribution in [3.05, 3.63) is 66.0 Å². The van der Waals surface area contributed by atoms with Gasteiger partial charge in [0.2, 0.25) is 5.91 Å². The summed E-state index contributed by atoms with van der Waals surface area (Å²) in [5.41, 5.74) is 1.93. The smallest absolute Gasteiger partial charge is 0.227 e. The molecule has 0 aliphatic heterocycles. The highest BCUT2D eigenvalue weighted by atomic mass is 16.3. The third-order valence-corrected chi connectivity index (χ3v) is 3.53. The van der Waals surface area contributed by atoms with Gasteiger partial charge < -0.3 is 10.0 Å². The molecule has 1 amide bonds. The summed E-state index contributed by atoms with van der Waals surface area (Å²) in [6.07, 6.45) is 4.24. The van der Waals surface area contributed by atoms with Crippen molar-refractivity contribution in [2.24, 2.45) is 0 Å². The largest absolute Gasteiger partial charge is 0.396 e. The number of aliphatic hydroxyl groups excluding tert-OH is 1. The zero-order valence-electron chi connectivity index (χ0n) is 12.1. The number of nitrogens with zero attached hydrogens (tertiary/aromatic N) is 2. The number of hydrogen-bond donors (Lipinski definition) is 1. The second kappa shape index (κ2) is 7.55. The van der Waals surface area contributed by atoms with Crippen LogP contribution in [0.3, 0.4) is 0 Å². The zero-order chi connectivity index (χ0) is 15.1. The quantitative estimate of drug-likeness (QED) is 0.885. The molecule has 2 rings (SSSR count). The van der Waals surface area contributed by atoms with Crippen LogP contribution >= 0.6 is 0 Å². The number of pyridine rings is 1. The van der Waals surface area contributed by atoms with Crippen LogP contribution in [0.5, 0.6) is 0 Å². The lowest BCUT2D eigenvalue weighted by Crippen LogP contribution is -2.33. The molecule has 0 aliphatic rings. The molecule has 0 saturated carbocycles. The van der Waals surface area contributed by atoms with Crippen LogP contribution in [-0.2, 0) is 11.2 Å². The van der Waals surface area contributed by atoms with Gasteiger partial charge in [-0.25, -0.2) is 0 Å². The minimum Gasteiger partial charge on any atom is -0.396 e. The number of aromatic nitrogens is 1. The standard InChI is InChI=1S/C17H20N2O2/c1-19(17(21)12-14-6-5-10-18-13-14)16(9-11-20)15-7-3-2-4-8-15/h2-8,10,13,16,20H,9,11-12H2,1H3. The summed E-state index contributed by atoms with van der Waals surface area (Å²) < 4.78 is 0. The third kappa shape index (κ3) is 4.13. The van der Waals surface area contributed by atoms with E-state index >= 15 is 0 Å². The molecule has 110 valence electrons. The van der Waals surface area contributed by atoms with E-state index in [1.807, 2.05) is 42.5 Å². The van der Waals surface area contributed by atoms with Crippen LogP contribution in [-0.4, -0.2) is 34.6 Å². The van der Waals surface area contributed by atoms with Crippen molar-refractivity contribution in [1.82, 2.24) is 9.88 Å². The first-order valence-corrected chi connectivity index (χ1v) is 7.02. The highest BCUT2D eigenvalue weighted by Crippen LogP contribution is 2.23. The van der Waals surface area contributed by atoms with E-state index in [4.69, 9.17) is 0 Å². The molecular weight excluding hydrogens is 264 g/mol. The van der Waals surface area contributed by atoms with Crippen molar-refractivity contribution in [3.8, 4) is 0 Å². The summed E-state index contributed by atoms with van der Waals surface area (Å²) in [7, 11) is 1.78. The van der Waals surface area contributed by atoms with Crippen LogP contribution in [0, 0.1) is 0 Å². The molecule has 1 N–H and O–H groups in total. The summed E-state index contributed by atoms with van der Waals surface area (Å²) in [5, 5.41) is 9.27. The molecule has 0 bridgehead atoms. The van der Waals surface area contributed by atoms with Crippen molar-refractivity contribution in [2.75, 3.05) is 13.7 Å². The number of amides is 1. The van der Waals surface area contributed by atoms with Crippen molar-refractivity contribution < 1.29 is 9.90 Å². The van der Waals surface area contributed by atoms with Gasteiger partial charge in [0, 0.05) is 26.0 Å². The van der Waals surface area contributed by atoms with E-state index in [0.29, 0.717) is 12.8 Å². The van der Waals surface area contributed by atoms with Gasteiger partial charge in [0.15, 0.2) is 0 Å². The van der Waals surface area contributed by atoms with Gasteiger partial charge in [0.05, 0.1) is 12.5 Å². The average Bonchev–Trinajstić information content (AvgIpc) is 2.53. The van der Waals surface area contributed by atoms with E-state index in [0.717, 1.165) is 11.1 Å². The van der Waals surface area contributed by atoms with Gasteiger partial charge >= 0.3 is 0 Å². The molecule has 1 heterocycles. The SMILES string of the molecule is CN(C(=O)Cc1cccnc1)C(CCO)c1ccccc1. The molecule has 4 heteroatoms. The van der Waals surface area contributed by atoms with Crippen LogP contribution in [0.2, 0.25) is 0 Å². The van der Waals surface area contributed by atoms with Gasteiger partial charge in [-0.3, -0.25) is 9.78 Å². The fourth-order valence-electron chi connectivity index (χ4n) is 2.36. The van der Waals surface area contributed by atoms with Gasteiger partial charge in [0.1, 0.15) is 0 Å². The molecule has 4 nitrogen and oxygen atoms in total. The lowest BCUT2D eigenvalue weighted by Gasteiger charge is -2.28. The number of likely N-dealkylation sites (N-methyl/N-ethyl adjacent to an activating group) is 1. The Balaban J connectivity index is 2.11. The van der Waals surface area contributed by atoms with Crippen molar-refractivity contribution in [1.29, 1.82) is 0 Å². The highest BCUT2D eigenvalue weighted by Gasteiger charge is 2.21. The number of aliphatic hydroxyl groups is 1. The zero-order valence-corrected chi connectivity index (χ0v) is 12.1. The van der Waals surface area contributed by atoms with Crippen LogP contribution < -0.4 is 0 Å². The maximum Gasteiger partial charge on any atom is 0.227 e. The molecular formula is C17H20N2O2. The summed E-state index contributed by atoms with van der Waals surface area (Å²) in [6, 6.07) is 13.4. The molecule has 0 radical (unpaired) electrons. The van der Waals surface area contributed by atoms with Crippen molar-refractivity contribution >= 4 is 5.91 Å². The topological polar surface area (TPSA) is 53.4 Å². The van der Waals surface area contributed by atoms with E-state index in [2.05, 4.69) is 4.98 Å². The molecule has 0 saturated heterocycles. The van der Waals surface area contributed by atoms with Crippen LogP contribution in [0.25, 0.3) is 0 Å². The van der Waals surface area contributed by atoms with E-state index in [1.165, 1.54) is 0 Å². The van der Waals surface area contributed by atoms with E-state index in [1.54, 1.807) is 24.3 Å². The molecule has 0 spiro atoms. The minimum absolute atomic E-state index is 0.0188. The van der Waals surface area contributed by atoms with Crippen molar-refractivity contribution in [2.45, 2.75) is 18.9 Å². The normalized spacial score (nSPS) is 11.9. The van der Waals surface area contributed by atoms with E-state index < -0.39 is 0 Å². The highest BCUT2D eigenvalue weighted by molar-refractivity contribution is 5.78. The predicted molar refractivity (Wildman–Crippen MR) is 81.6 cm³/mol. The Morgan fingerprint density at radius 1 is 1.24 bits per heavy atom. The van der Waals surface area contributed by atoms with Gasteiger partial charge in [-0.2, -0.15) is 0 Å². The fraction of sp³-hybridized carbons (Fsp3) is 0.294. The number of carbonyl (C=O) groups is 1. The Morgan fingerprint density at radius 3 is 2.62 bits per heavy atom. The summed E-state index contributed by atoms with van der Waals surface area (Å²) in [6.45, 7) is 0.0457. The second-order valence-electron chi connectivity index (χ2n) is 4.98. The van der Waals surface area contributed by atoms with Gasteiger partial charge in [0.25, 0.3) is 0 Å². The number of carbonyl (C=O) groups excluding carboxylic acids is 1. The molecule has 1 aromatic carbocycles. The number of rotatable bonds is 6. The molecule has 0 fully saturated rings. The Hall–Kier alpha value is -2.20. The van der Waals surface area contributed by atoms with Crippen LogP contribution in [0.4, 0.5) is 0 Å². The first-order chi connectivity index (χ1) is 10.2. The molecule has 0 aliphatic carbocycles. The lowest BCUT2D eigenvalue weighted by atomic mass is 10.0. The first-order valence-electron chi connectivity index (χ1n) is 7.02. The van der Waals surface area contributed by atoms with E-state index in [9.17, 15) is 9.90 Å². The Labute approximate surface area is 125 Å². The van der Waals surface area contributed by atoms with E-state index in [-0.39, 0.29) is 18.6 Å². The first kappa shape index (κ1) is 15.2. The Morgan fingerprint density at radius 2 is 2.00 bits per heavy atom. The lowest BCUT2D eigenvalue weighted by molar-refractivity contribution is -0.131. The van der Waals surface area contributed by atoms with Crippen LogP contribution in [0.15, 0.2) is 54.9 Å². The monoisotopic (exact) mass is 284 g/mol. The maximum absolute atomic E-state index is 12.4. The minimum atomic E-state index is -0.111. The third-order valence-electron chi connectivity index (χ3n) is 3.53. The molecule has 1 unspecified atom stereocenters. The Bertz CT molecular complexity index is 558.